The fraction of sp³-hybridized carbons (Fsp3) is 0.333. The van der Waals surface area contributed by atoms with Crippen LogP contribution in [0.15, 0.2) is 48.7 Å². The van der Waals surface area contributed by atoms with Crippen LogP contribution < -0.4 is 10.6 Å². The van der Waals surface area contributed by atoms with E-state index in [4.69, 9.17) is 11.6 Å². The fourth-order valence-electron chi connectivity index (χ4n) is 3.96. The first-order valence-electron chi connectivity index (χ1n) is 10.7. The predicted molar refractivity (Wildman–Crippen MR) is 121 cm³/mol. The molecule has 3 aromatic rings. The van der Waals surface area contributed by atoms with Crippen LogP contribution in [0.4, 0.5) is 19.0 Å². The molecule has 0 aliphatic carbocycles. The van der Waals surface area contributed by atoms with Crippen LogP contribution in [0.5, 0.6) is 0 Å². The molecule has 0 fully saturated rings. The van der Waals surface area contributed by atoms with Gasteiger partial charge in [0, 0.05) is 18.0 Å². The number of aryl methyl sites for hydroxylation is 2. The minimum Gasteiger partial charge on any atom is -0.363 e. The lowest BCUT2D eigenvalue weighted by molar-refractivity contribution is -0.173. The number of hydrogen-bond acceptors (Lipinski definition) is 3. The second kappa shape index (κ2) is 9.09. The molecule has 0 saturated heterocycles. The first-order chi connectivity index (χ1) is 15.7. The predicted octanol–water partition coefficient (Wildman–Crippen LogP) is 6.00. The summed E-state index contributed by atoms with van der Waals surface area (Å²) in [5.74, 6) is -0.448. The van der Waals surface area contributed by atoms with E-state index in [0.717, 1.165) is 33.4 Å². The van der Waals surface area contributed by atoms with Crippen molar-refractivity contribution in [1.82, 2.24) is 15.1 Å². The molecule has 2 atom stereocenters. The van der Waals surface area contributed by atoms with Gasteiger partial charge in [0.1, 0.15) is 11.4 Å². The summed E-state index contributed by atoms with van der Waals surface area (Å²) in [5, 5.41) is 10.4. The molecule has 2 N–H and O–H groups in total. The highest BCUT2D eigenvalue weighted by Gasteiger charge is 2.47. The zero-order chi connectivity index (χ0) is 23.8. The number of benzene rings is 2. The highest BCUT2D eigenvalue weighted by atomic mass is 35.5. The molecule has 5 nitrogen and oxygen atoms in total. The summed E-state index contributed by atoms with van der Waals surface area (Å²) in [7, 11) is 0. The van der Waals surface area contributed by atoms with Crippen molar-refractivity contribution in [2.75, 3.05) is 5.32 Å². The molecule has 0 saturated carbocycles. The van der Waals surface area contributed by atoms with Gasteiger partial charge in [-0.15, -0.1) is 0 Å². The van der Waals surface area contributed by atoms with Crippen molar-refractivity contribution in [3.8, 4) is 0 Å². The van der Waals surface area contributed by atoms with Gasteiger partial charge in [-0.3, -0.25) is 4.79 Å². The lowest BCUT2D eigenvalue weighted by Gasteiger charge is -2.34. The largest absolute Gasteiger partial charge is 0.410 e. The van der Waals surface area contributed by atoms with Gasteiger partial charge in [-0.25, -0.2) is 4.68 Å². The van der Waals surface area contributed by atoms with E-state index in [2.05, 4.69) is 15.7 Å². The van der Waals surface area contributed by atoms with Crippen LogP contribution in [0.25, 0.3) is 0 Å². The summed E-state index contributed by atoms with van der Waals surface area (Å²) in [6.45, 7) is 4.08. The Balaban J connectivity index is 1.60. The Morgan fingerprint density at radius 1 is 1.21 bits per heavy atom. The molecular formula is C24H24ClF3N4O. The van der Waals surface area contributed by atoms with Gasteiger partial charge in [-0.1, -0.05) is 54.9 Å². The number of fused-ring (bicyclic) bond motifs is 1. The number of hydrogen-bond donors (Lipinski definition) is 2. The van der Waals surface area contributed by atoms with Crippen molar-refractivity contribution < 1.29 is 18.0 Å². The summed E-state index contributed by atoms with van der Waals surface area (Å²) in [6, 6.07) is 10.5. The van der Waals surface area contributed by atoms with Crippen molar-refractivity contribution >= 4 is 23.3 Å². The number of alkyl halides is 3. The van der Waals surface area contributed by atoms with E-state index in [9.17, 15) is 18.0 Å². The van der Waals surface area contributed by atoms with E-state index in [-0.39, 0.29) is 24.3 Å². The maximum Gasteiger partial charge on any atom is 0.410 e. The van der Waals surface area contributed by atoms with Gasteiger partial charge in [0.05, 0.1) is 12.2 Å². The molecule has 9 heteroatoms. The lowest BCUT2D eigenvalue weighted by atomic mass is 9.95. The van der Waals surface area contributed by atoms with E-state index < -0.39 is 24.2 Å². The molecule has 2 heterocycles. The summed E-state index contributed by atoms with van der Waals surface area (Å²) in [5.41, 5.74) is 3.60. The van der Waals surface area contributed by atoms with Crippen LogP contribution in [0, 0.1) is 6.92 Å². The zero-order valence-corrected chi connectivity index (χ0v) is 19.0. The number of nitrogens with zero attached hydrogens (tertiary/aromatic N) is 2. The quantitative estimate of drug-likeness (QED) is 0.475. The number of carbonyl (C=O) groups is 1. The molecular weight excluding hydrogens is 453 g/mol. The van der Waals surface area contributed by atoms with Gasteiger partial charge in [0.2, 0.25) is 0 Å². The van der Waals surface area contributed by atoms with Gasteiger partial charge in [-0.05, 0) is 41.7 Å². The van der Waals surface area contributed by atoms with Gasteiger partial charge < -0.3 is 10.6 Å². The standard InChI is InChI=1S/C24H24ClF3N4O/c1-3-15-6-8-17(9-7-15)20-11-21(24(26,27)28)32-22(31-20)18(13-30-32)23(33)29-12-16-5-4-14(2)19(25)10-16/h4-10,13,20-21,31H,3,11-12H2,1-2H3,(H,29,33)/t20-,21+/m1/s1. The van der Waals surface area contributed by atoms with Crippen molar-refractivity contribution in [1.29, 1.82) is 0 Å². The topological polar surface area (TPSA) is 59.0 Å². The smallest absolute Gasteiger partial charge is 0.363 e. The van der Waals surface area contributed by atoms with Crippen LogP contribution in [0.1, 0.15) is 58.0 Å². The molecule has 0 bridgehead atoms. The van der Waals surface area contributed by atoms with Crippen molar-refractivity contribution in [3.05, 3.63) is 81.5 Å². The molecule has 0 spiro atoms. The van der Waals surface area contributed by atoms with Crippen LogP contribution in [-0.4, -0.2) is 21.9 Å². The third-order valence-electron chi connectivity index (χ3n) is 5.96. The van der Waals surface area contributed by atoms with Gasteiger partial charge >= 0.3 is 6.18 Å². The fourth-order valence-corrected chi connectivity index (χ4v) is 4.16. The number of carbonyl (C=O) groups excluding carboxylic acids is 1. The molecule has 2 aromatic carbocycles. The third kappa shape index (κ3) is 4.85. The van der Waals surface area contributed by atoms with Crippen LogP contribution in [-0.2, 0) is 13.0 Å². The number of rotatable bonds is 5. The van der Waals surface area contributed by atoms with E-state index in [0.29, 0.717) is 5.02 Å². The van der Waals surface area contributed by atoms with Crippen LogP contribution in [0.3, 0.4) is 0 Å². The Hall–Kier alpha value is -3.00. The first kappa shape index (κ1) is 23.2. The molecule has 1 amide bonds. The van der Waals surface area contributed by atoms with Crippen molar-refractivity contribution in [2.45, 2.75) is 51.5 Å². The van der Waals surface area contributed by atoms with E-state index in [1.54, 1.807) is 6.07 Å². The number of amides is 1. The Kier molecular flexibility index (Phi) is 6.38. The number of aromatic nitrogens is 2. The summed E-state index contributed by atoms with van der Waals surface area (Å²) in [6.07, 6.45) is -2.70. The van der Waals surface area contributed by atoms with E-state index >= 15 is 0 Å². The van der Waals surface area contributed by atoms with E-state index in [1.807, 2.05) is 50.2 Å². The third-order valence-corrected chi connectivity index (χ3v) is 6.37. The minimum atomic E-state index is -4.50. The Labute approximate surface area is 194 Å². The average Bonchev–Trinajstić information content (AvgIpc) is 3.22. The molecule has 174 valence electrons. The minimum absolute atomic E-state index is 0.0626. The second-order valence-corrected chi connectivity index (χ2v) is 8.61. The SMILES string of the molecule is CCc1ccc([C@H]2C[C@@H](C(F)(F)F)n3ncc(C(=O)NCc4ccc(C)c(Cl)c4)c3N2)cc1. The summed E-state index contributed by atoms with van der Waals surface area (Å²) in [4.78, 5) is 12.9. The highest BCUT2D eigenvalue weighted by Crippen LogP contribution is 2.44. The first-order valence-corrected chi connectivity index (χ1v) is 11.1. The monoisotopic (exact) mass is 476 g/mol. The van der Waals surface area contributed by atoms with Crippen molar-refractivity contribution in [3.63, 3.8) is 0 Å². The van der Waals surface area contributed by atoms with Crippen LogP contribution >= 0.6 is 11.6 Å². The normalized spacial score (nSPS) is 17.9. The Bertz CT molecular complexity index is 1160. The Morgan fingerprint density at radius 3 is 2.55 bits per heavy atom. The van der Waals surface area contributed by atoms with E-state index in [1.165, 1.54) is 6.20 Å². The Morgan fingerprint density at radius 2 is 1.91 bits per heavy atom. The van der Waals surface area contributed by atoms with Gasteiger partial charge in [0.25, 0.3) is 5.91 Å². The summed E-state index contributed by atoms with van der Waals surface area (Å²) >= 11 is 6.13. The number of halogens is 4. The number of nitrogens with one attached hydrogen (secondary N) is 2. The average molecular weight is 477 g/mol. The molecule has 0 unspecified atom stereocenters. The zero-order valence-electron chi connectivity index (χ0n) is 18.2. The number of anilines is 1. The van der Waals surface area contributed by atoms with Crippen LogP contribution in [0.2, 0.25) is 5.02 Å². The molecule has 1 aliphatic rings. The maximum absolute atomic E-state index is 13.9. The molecule has 33 heavy (non-hydrogen) atoms. The molecule has 1 aliphatic heterocycles. The summed E-state index contributed by atoms with van der Waals surface area (Å²) < 4.78 is 42.5. The molecule has 0 radical (unpaired) electrons. The van der Waals surface area contributed by atoms with Crippen molar-refractivity contribution in [2.24, 2.45) is 0 Å². The maximum atomic E-state index is 13.9. The highest BCUT2D eigenvalue weighted by molar-refractivity contribution is 6.31. The lowest BCUT2D eigenvalue weighted by Crippen LogP contribution is -2.36. The molecule has 4 rings (SSSR count). The second-order valence-electron chi connectivity index (χ2n) is 8.20. The van der Waals surface area contributed by atoms with Gasteiger partial charge in [-0.2, -0.15) is 18.3 Å². The molecule has 1 aromatic heterocycles. The van der Waals surface area contributed by atoms with Gasteiger partial charge in [0.15, 0.2) is 6.04 Å².